The molecule has 98 valence electrons. The van der Waals surface area contributed by atoms with E-state index in [9.17, 15) is 4.79 Å². The van der Waals surface area contributed by atoms with E-state index in [1.807, 2.05) is 0 Å². The second-order valence-electron chi connectivity index (χ2n) is 4.58. The lowest BCUT2D eigenvalue weighted by Gasteiger charge is -2.29. The summed E-state index contributed by atoms with van der Waals surface area (Å²) in [5.74, 6) is 0.438. The quantitative estimate of drug-likeness (QED) is 0.726. The summed E-state index contributed by atoms with van der Waals surface area (Å²) in [4.78, 5) is 11.3. The summed E-state index contributed by atoms with van der Waals surface area (Å²) >= 11 is 0. The van der Waals surface area contributed by atoms with Crippen molar-refractivity contribution in [2.24, 2.45) is 5.73 Å². The van der Waals surface area contributed by atoms with Crippen molar-refractivity contribution in [2.75, 3.05) is 12.4 Å². The highest BCUT2D eigenvalue weighted by molar-refractivity contribution is 5.91. The molecular weight excluding hydrogens is 230 g/mol. The molecule has 0 bridgehead atoms. The zero-order valence-corrected chi connectivity index (χ0v) is 10.5. The fraction of sp³-hybridized carbons (Fsp3) is 0.583. The van der Waals surface area contributed by atoms with E-state index in [0.29, 0.717) is 11.5 Å². The Morgan fingerprint density at radius 2 is 2.11 bits per heavy atom. The number of nitrogens with one attached hydrogen (secondary N) is 2. The molecule has 18 heavy (non-hydrogen) atoms. The van der Waals surface area contributed by atoms with Gasteiger partial charge < -0.3 is 16.4 Å². The number of carbonyl (C=O) groups is 1. The maximum atomic E-state index is 11.3. The molecule has 4 N–H and O–H groups in total. The summed E-state index contributed by atoms with van der Waals surface area (Å²) < 4.78 is 0. The molecule has 0 radical (unpaired) electrons. The zero-order valence-electron chi connectivity index (χ0n) is 10.5. The number of rotatable bonds is 3. The van der Waals surface area contributed by atoms with Crippen LogP contribution in [-0.4, -0.2) is 35.2 Å². The van der Waals surface area contributed by atoms with Gasteiger partial charge in [0.2, 0.25) is 0 Å². The molecule has 1 saturated carbocycles. The molecule has 0 spiro atoms. The summed E-state index contributed by atoms with van der Waals surface area (Å²) in [5.41, 5.74) is 6.37. The van der Waals surface area contributed by atoms with Crippen molar-refractivity contribution in [1.29, 1.82) is 0 Å². The maximum Gasteiger partial charge on any atom is 0.271 e. The fourth-order valence-electron chi connectivity index (χ4n) is 2.19. The van der Waals surface area contributed by atoms with Gasteiger partial charge in [0.25, 0.3) is 5.91 Å². The van der Waals surface area contributed by atoms with Crippen molar-refractivity contribution < 1.29 is 4.79 Å². The third-order valence-corrected chi connectivity index (χ3v) is 3.28. The first-order chi connectivity index (χ1) is 8.70. The van der Waals surface area contributed by atoms with E-state index in [1.54, 1.807) is 19.2 Å². The normalized spacial score (nSPS) is 23.4. The Balaban J connectivity index is 1.99. The van der Waals surface area contributed by atoms with Crippen molar-refractivity contribution in [3.05, 3.63) is 17.8 Å². The maximum absolute atomic E-state index is 11.3. The van der Waals surface area contributed by atoms with Gasteiger partial charge in [-0.1, -0.05) is 12.8 Å². The number of amides is 1. The number of nitrogens with zero attached hydrogens (tertiary/aromatic N) is 2. The van der Waals surface area contributed by atoms with Crippen LogP contribution in [0.25, 0.3) is 0 Å². The lowest BCUT2D eigenvalue weighted by atomic mass is 9.91. The van der Waals surface area contributed by atoms with Gasteiger partial charge in [-0.15, -0.1) is 10.2 Å². The zero-order chi connectivity index (χ0) is 13.0. The van der Waals surface area contributed by atoms with Crippen molar-refractivity contribution in [3.63, 3.8) is 0 Å². The van der Waals surface area contributed by atoms with Crippen LogP contribution in [-0.2, 0) is 0 Å². The first-order valence-corrected chi connectivity index (χ1v) is 6.28. The number of aromatic nitrogens is 2. The number of hydrogen-bond acceptors (Lipinski definition) is 5. The average Bonchev–Trinajstić information content (AvgIpc) is 2.41. The van der Waals surface area contributed by atoms with Crippen LogP contribution in [0.2, 0.25) is 0 Å². The van der Waals surface area contributed by atoms with Gasteiger partial charge in [0.1, 0.15) is 5.82 Å². The molecule has 1 heterocycles. The number of nitrogens with two attached hydrogens (primary N) is 1. The third kappa shape index (κ3) is 2.95. The van der Waals surface area contributed by atoms with Gasteiger partial charge >= 0.3 is 0 Å². The number of carbonyl (C=O) groups excluding carboxylic acids is 1. The second kappa shape index (κ2) is 5.77. The lowest BCUT2D eigenvalue weighted by Crippen LogP contribution is -2.42. The molecular formula is C12H19N5O. The molecule has 2 rings (SSSR count). The SMILES string of the molecule is CNC(=O)c1ccc(N[C@@H]2CCCC[C@H]2N)nn1. The summed E-state index contributed by atoms with van der Waals surface area (Å²) in [6, 6.07) is 3.83. The van der Waals surface area contributed by atoms with E-state index in [4.69, 9.17) is 5.73 Å². The smallest absolute Gasteiger partial charge is 0.271 e. The van der Waals surface area contributed by atoms with Gasteiger partial charge in [0, 0.05) is 19.1 Å². The topological polar surface area (TPSA) is 92.9 Å². The van der Waals surface area contributed by atoms with E-state index in [2.05, 4.69) is 20.8 Å². The minimum absolute atomic E-state index is 0.166. The standard InChI is InChI=1S/C12H19N5O/c1-14-12(18)10-6-7-11(17-16-10)15-9-5-3-2-4-8(9)13/h6-9H,2-5,13H2,1H3,(H,14,18)(H,15,17)/t8-,9-/m1/s1. The lowest BCUT2D eigenvalue weighted by molar-refractivity contribution is 0.0957. The van der Waals surface area contributed by atoms with E-state index < -0.39 is 0 Å². The predicted octanol–water partition coefficient (Wildman–Crippen LogP) is 0.518. The Kier molecular flexibility index (Phi) is 4.09. The van der Waals surface area contributed by atoms with Gasteiger partial charge in [-0.05, 0) is 25.0 Å². The summed E-state index contributed by atoms with van der Waals surface area (Å²) in [6.07, 6.45) is 4.48. The Hall–Kier alpha value is -1.69. The molecule has 1 aliphatic rings. The van der Waals surface area contributed by atoms with Crippen LogP contribution in [0.1, 0.15) is 36.2 Å². The van der Waals surface area contributed by atoms with Crippen molar-refractivity contribution in [2.45, 2.75) is 37.8 Å². The summed E-state index contributed by atoms with van der Waals surface area (Å²) in [6.45, 7) is 0. The van der Waals surface area contributed by atoms with E-state index in [0.717, 1.165) is 12.8 Å². The molecule has 1 fully saturated rings. The minimum Gasteiger partial charge on any atom is -0.364 e. The van der Waals surface area contributed by atoms with E-state index in [-0.39, 0.29) is 18.0 Å². The Morgan fingerprint density at radius 1 is 1.33 bits per heavy atom. The van der Waals surface area contributed by atoms with Crippen molar-refractivity contribution >= 4 is 11.7 Å². The summed E-state index contributed by atoms with van der Waals surface area (Å²) in [5, 5.41) is 13.7. The van der Waals surface area contributed by atoms with Crippen molar-refractivity contribution in [1.82, 2.24) is 15.5 Å². The highest BCUT2D eigenvalue weighted by atomic mass is 16.1. The van der Waals surface area contributed by atoms with Crippen LogP contribution in [0, 0.1) is 0 Å². The molecule has 1 amide bonds. The highest BCUT2D eigenvalue weighted by Crippen LogP contribution is 2.19. The first-order valence-electron chi connectivity index (χ1n) is 6.28. The van der Waals surface area contributed by atoms with E-state index >= 15 is 0 Å². The van der Waals surface area contributed by atoms with Gasteiger partial charge in [0.15, 0.2) is 5.69 Å². The molecule has 6 heteroatoms. The van der Waals surface area contributed by atoms with E-state index in [1.165, 1.54) is 12.8 Å². The van der Waals surface area contributed by atoms with Crippen LogP contribution in [0.15, 0.2) is 12.1 Å². The molecule has 2 atom stereocenters. The van der Waals surface area contributed by atoms with Crippen LogP contribution in [0.4, 0.5) is 5.82 Å². The largest absolute Gasteiger partial charge is 0.364 e. The average molecular weight is 249 g/mol. The molecule has 1 aliphatic carbocycles. The third-order valence-electron chi connectivity index (χ3n) is 3.28. The predicted molar refractivity (Wildman–Crippen MR) is 69.3 cm³/mol. The van der Waals surface area contributed by atoms with Gasteiger partial charge in [0.05, 0.1) is 0 Å². The van der Waals surface area contributed by atoms with Gasteiger partial charge in [-0.3, -0.25) is 4.79 Å². The molecule has 1 aromatic rings. The fourth-order valence-corrected chi connectivity index (χ4v) is 2.19. The molecule has 0 aliphatic heterocycles. The van der Waals surface area contributed by atoms with Crippen molar-refractivity contribution in [3.8, 4) is 0 Å². The number of hydrogen-bond donors (Lipinski definition) is 3. The molecule has 0 aromatic carbocycles. The summed E-state index contributed by atoms with van der Waals surface area (Å²) in [7, 11) is 1.57. The minimum atomic E-state index is -0.233. The Bertz CT molecular complexity index is 405. The van der Waals surface area contributed by atoms with Crippen LogP contribution in [0.3, 0.4) is 0 Å². The Labute approximate surface area is 106 Å². The molecule has 1 aromatic heterocycles. The molecule has 0 saturated heterocycles. The first kappa shape index (κ1) is 12.8. The molecule has 6 nitrogen and oxygen atoms in total. The van der Waals surface area contributed by atoms with Crippen LogP contribution in [0.5, 0.6) is 0 Å². The van der Waals surface area contributed by atoms with Crippen LogP contribution < -0.4 is 16.4 Å². The second-order valence-corrected chi connectivity index (χ2v) is 4.58. The monoisotopic (exact) mass is 249 g/mol. The Morgan fingerprint density at radius 3 is 2.72 bits per heavy atom. The van der Waals surface area contributed by atoms with Gasteiger partial charge in [-0.2, -0.15) is 0 Å². The van der Waals surface area contributed by atoms with Gasteiger partial charge in [-0.25, -0.2) is 0 Å². The molecule has 0 unspecified atom stereocenters. The number of anilines is 1. The highest BCUT2D eigenvalue weighted by Gasteiger charge is 2.21. The van der Waals surface area contributed by atoms with Crippen LogP contribution >= 0.6 is 0 Å².